The monoisotopic (exact) mass is 306 g/mol. The number of carboxylic acid groups (broad SMARTS) is 1. The summed E-state index contributed by atoms with van der Waals surface area (Å²) >= 11 is 0. The lowest BCUT2D eigenvalue weighted by atomic mass is 10.0. The van der Waals surface area contributed by atoms with Gasteiger partial charge in [-0.2, -0.15) is 4.31 Å². The van der Waals surface area contributed by atoms with E-state index in [-0.39, 0.29) is 13.0 Å². The topological polar surface area (TPSA) is 101 Å². The molecule has 0 radical (unpaired) electrons. The number of nitrogens with two attached hydrogens (primary N) is 1. The molecule has 0 aliphatic carbocycles. The molecule has 0 bridgehead atoms. The average Bonchev–Trinajstić information content (AvgIpc) is 2.77. The fourth-order valence-electron chi connectivity index (χ4n) is 1.99. The Morgan fingerprint density at radius 3 is 2.60 bits per heavy atom. The highest BCUT2D eigenvalue weighted by Gasteiger charge is 2.46. The minimum absolute atomic E-state index is 0.0987. The smallest absolute Gasteiger partial charge is 0.325 e. The Balaban J connectivity index is 2.38. The molecule has 1 fully saturated rings. The summed E-state index contributed by atoms with van der Waals surface area (Å²) in [4.78, 5) is 10.1. The lowest BCUT2D eigenvalue weighted by Gasteiger charge is -2.20. The SMILES string of the molecule is NC1(C(=O)O)CCN(S(=O)(=O)c2cc(F)ccc2F)C1. The van der Waals surface area contributed by atoms with Crippen LogP contribution in [-0.4, -0.2) is 42.4 Å². The van der Waals surface area contributed by atoms with Crippen LogP contribution in [0.15, 0.2) is 23.1 Å². The third kappa shape index (κ3) is 2.39. The van der Waals surface area contributed by atoms with Gasteiger partial charge in [0.15, 0.2) is 0 Å². The number of hydrogen-bond donors (Lipinski definition) is 2. The number of carboxylic acids is 1. The number of benzene rings is 1. The van der Waals surface area contributed by atoms with E-state index in [9.17, 15) is 22.0 Å². The molecule has 1 saturated heterocycles. The summed E-state index contributed by atoms with van der Waals surface area (Å²) in [5.41, 5.74) is 3.85. The van der Waals surface area contributed by atoms with Crippen LogP contribution in [0.5, 0.6) is 0 Å². The summed E-state index contributed by atoms with van der Waals surface area (Å²) in [7, 11) is -4.32. The van der Waals surface area contributed by atoms with Crippen molar-refractivity contribution in [2.24, 2.45) is 5.73 Å². The number of aliphatic carboxylic acids is 1. The van der Waals surface area contributed by atoms with E-state index in [1.807, 2.05) is 0 Å². The molecule has 1 aliphatic rings. The van der Waals surface area contributed by atoms with Crippen molar-refractivity contribution in [3.63, 3.8) is 0 Å². The summed E-state index contributed by atoms with van der Waals surface area (Å²) in [6.07, 6.45) is -0.0987. The van der Waals surface area contributed by atoms with Crippen LogP contribution in [0.1, 0.15) is 6.42 Å². The number of sulfonamides is 1. The van der Waals surface area contributed by atoms with Gasteiger partial charge in [-0.25, -0.2) is 17.2 Å². The largest absolute Gasteiger partial charge is 0.480 e. The molecule has 20 heavy (non-hydrogen) atoms. The Morgan fingerprint density at radius 2 is 2.05 bits per heavy atom. The third-order valence-corrected chi connectivity index (χ3v) is 5.06. The predicted molar refractivity (Wildman–Crippen MR) is 64.3 cm³/mol. The van der Waals surface area contributed by atoms with E-state index >= 15 is 0 Å². The molecule has 0 saturated carbocycles. The molecule has 110 valence electrons. The van der Waals surface area contributed by atoms with Gasteiger partial charge in [0.05, 0.1) is 0 Å². The van der Waals surface area contributed by atoms with Gasteiger partial charge < -0.3 is 10.8 Å². The quantitative estimate of drug-likeness (QED) is 0.827. The highest BCUT2D eigenvalue weighted by Crippen LogP contribution is 2.27. The van der Waals surface area contributed by atoms with Crippen molar-refractivity contribution in [2.45, 2.75) is 16.9 Å². The molecule has 1 atom stereocenters. The Hall–Kier alpha value is -1.58. The first-order valence-corrected chi connectivity index (χ1v) is 7.08. The summed E-state index contributed by atoms with van der Waals surface area (Å²) in [6.45, 7) is -0.651. The Kier molecular flexibility index (Phi) is 3.53. The maximum absolute atomic E-state index is 13.5. The molecule has 0 amide bonds. The van der Waals surface area contributed by atoms with E-state index in [1.54, 1.807) is 0 Å². The van der Waals surface area contributed by atoms with Crippen molar-refractivity contribution in [2.75, 3.05) is 13.1 Å². The van der Waals surface area contributed by atoms with Crippen molar-refractivity contribution in [1.29, 1.82) is 0 Å². The van der Waals surface area contributed by atoms with Crippen LogP contribution < -0.4 is 5.73 Å². The summed E-state index contributed by atoms with van der Waals surface area (Å²) in [5, 5.41) is 8.94. The van der Waals surface area contributed by atoms with Crippen LogP contribution in [0.2, 0.25) is 0 Å². The second-order valence-corrected chi connectivity index (χ2v) is 6.53. The number of nitrogens with zero attached hydrogens (tertiary/aromatic N) is 1. The van der Waals surface area contributed by atoms with Crippen LogP contribution in [-0.2, 0) is 14.8 Å². The summed E-state index contributed by atoms with van der Waals surface area (Å²) in [5.74, 6) is -3.34. The molecule has 0 aromatic heterocycles. The zero-order chi connectivity index (χ0) is 15.1. The zero-order valence-corrected chi connectivity index (χ0v) is 11.0. The molecular formula is C11H12F2N2O4S. The number of rotatable bonds is 3. The van der Waals surface area contributed by atoms with Gasteiger partial charge in [-0.05, 0) is 24.6 Å². The molecule has 1 aliphatic heterocycles. The van der Waals surface area contributed by atoms with Crippen LogP contribution in [0.4, 0.5) is 8.78 Å². The first-order chi connectivity index (χ1) is 9.17. The van der Waals surface area contributed by atoms with Gasteiger partial charge in [-0.1, -0.05) is 0 Å². The van der Waals surface area contributed by atoms with Gasteiger partial charge >= 0.3 is 5.97 Å². The van der Waals surface area contributed by atoms with E-state index in [0.717, 1.165) is 10.4 Å². The van der Waals surface area contributed by atoms with Gasteiger partial charge in [0.2, 0.25) is 10.0 Å². The predicted octanol–water partition coefficient (Wildman–Crippen LogP) is 0.141. The van der Waals surface area contributed by atoms with Gasteiger partial charge in [0.25, 0.3) is 0 Å². The van der Waals surface area contributed by atoms with Gasteiger partial charge in [0, 0.05) is 13.1 Å². The number of halogens is 2. The van der Waals surface area contributed by atoms with Gasteiger partial charge in [-0.3, -0.25) is 4.79 Å². The molecule has 9 heteroatoms. The third-order valence-electron chi connectivity index (χ3n) is 3.20. The Bertz CT molecular complexity index is 664. The lowest BCUT2D eigenvalue weighted by Crippen LogP contribution is -2.50. The fraction of sp³-hybridized carbons (Fsp3) is 0.364. The fourth-order valence-corrected chi connectivity index (χ4v) is 3.58. The molecule has 3 N–H and O–H groups in total. The molecular weight excluding hydrogens is 294 g/mol. The van der Waals surface area contributed by atoms with E-state index in [2.05, 4.69) is 0 Å². The highest BCUT2D eigenvalue weighted by molar-refractivity contribution is 7.89. The van der Waals surface area contributed by atoms with Crippen molar-refractivity contribution in [1.82, 2.24) is 4.31 Å². The average molecular weight is 306 g/mol. The van der Waals surface area contributed by atoms with Crippen LogP contribution in [0.25, 0.3) is 0 Å². The number of hydrogen-bond acceptors (Lipinski definition) is 4. The van der Waals surface area contributed by atoms with Gasteiger partial charge in [-0.15, -0.1) is 0 Å². The standard InChI is InChI=1S/C11H12F2N2O4S/c12-7-1-2-8(13)9(5-7)20(18,19)15-4-3-11(14,6-15)10(16)17/h1-2,5H,3-4,6,14H2,(H,16,17). The first kappa shape index (κ1) is 14.8. The van der Waals surface area contributed by atoms with E-state index < -0.39 is 44.6 Å². The maximum atomic E-state index is 13.5. The second kappa shape index (κ2) is 4.76. The Labute approximate surface area is 113 Å². The summed E-state index contributed by atoms with van der Waals surface area (Å²) in [6, 6.07) is 2.05. The van der Waals surface area contributed by atoms with E-state index in [0.29, 0.717) is 12.1 Å². The first-order valence-electron chi connectivity index (χ1n) is 5.64. The minimum atomic E-state index is -4.32. The van der Waals surface area contributed by atoms with Crippen LogP contribution in [0, 0.1) is 11.6 Å². The molecule has 1 heterocycles. The number of carbonyl (C=O) groups is 1. The van der Waals surface area contributed by atoms with Gasteiger partial charge in [0.1, 0.15) is 22.1 Å². The van der Waals surface area contributed by atoms with Crippen molar-refractivity contribution in [3.8, 4) is 0 Å². The van der Waals surface area contributed by atoms with Crippen molar-refractivity contribution < 1.29 is 27.1 Å². The lowest BCUT2D eigenvalue weighted by molar-refractivity contribution is -0.142. The molecule has 2 rings (SSSR count). The maximum Gasteiger partial charge on any atom is 0.325 e. The molecule has 0 spiro atoms. The minimum Gasteiger partial charge on any atom is -0.480 e. The molecule has 1 aromatic rings. The summed E-state index contributed by atoms with van der Waals surface area (Å²) < 4.78 is 51.8. The van der Waals surface area contributed by atoms with Crippen LogP contribution in [0.3, 0.4) is 0 Å². The van der Waals surface area contributed by atoms with E-state index in [1.165, 1.54) is 0 Å². The molecule has 1 unspecified atom stereocenters. The van der Waals surface area contributed by atoms with Crippen LogP contribution >= 0.6 is 0 Å². The molecule has 1 aromatic carbocycles. The Morgan fingerprint density at radius 1 is 1.40 bits per heavy atom. The van der Waals surface area contributed by atoms with E-state index in [4.69, 9.17) is 10.8 Å². The zero-order valence-electron chi connectivity index (χ0n) is 10.2. The highest BCUT2D eigenvalue weighted by atomic mass is 32.2. The van der Waals surface area contributed by atoms with Crippen molar-refractivity contribution in [3.05, 3.63) is 29.8 Å². The normalized spacial score (nSPS) is 23.9. The van der Waals surface area contributed by atoms with Crippen molar-refractivity contribution >= 4 is 16.0 Å². The molecule has 6 nitrogen and oxygen atoms in total. The second-order valence-electron chi connectivity index (χ2n) is 4.62.